The molecule has 2 N–H and O–H groups in total. The highest BCUT2D eigenvalue weighted by Crippen LogP contribution is 2.27. The molecule has 0 amide bonds. The lowest BCUT2D eigenvalue weighted by molar-refractivity contribution is 0.00427. The van der Waals surface area contributed by atoms with Gasteiger partial charge < -0.3 is 10.4 Å². The van der Waals surface area contributed by atoms with Crippen molar-refractivity contribution in [3.8, 4) is 0 Å². The predicted molar refractivity (Wildman–Crippen MR) is 71.0 cm³/mol. The third kappa shape index (κ3) is 3.94. The van der Waals surface area contributed by atoms with Crippen LogP contribution in [-0.4, -0.2) is 35.3 Å². The van der Waals surface area contributed by atoms with Crippen LogP contribution in [0.4, 0.5) is 0 Å². The Bertz CT molecular complexity index is 198. The highest BCUT2D eigenvalue weighted by Gasteiger charge is 2.28. The van der Waals surface area contributed by atoms with Gasteiger partial charge in [-0.25, -0.2) is 0 Å². The summed E-state index contributed by atoms with van der Waals surface area (Å²) in [6, 6.07) is 0. The Kier molecular flexibility index (Phi) is 4.98. The Morgan fingerprint density at radius 2 is 1.81 bits per heavy atom. The van der Waals surface area contributed by atoms with Crippen LogP contribution in [0.2, 0.25) is 0 Å². The van der Waals surface area contributed by atoms with Crippen molar-refractivity contribution in [2.75, 3.05) is 24.6 Å². The minimum atomic E-state index is -0.387. The zero-order valence-corrected chi connectivity index (χ0v) is 11.0. The van der Waals surface area contributed by atoms with Crippen molar-refractivity contribution in [3.63, 3.8) is 0 Å². The zero-order chi connectivity index (χ0) is 11.3. The van der Waals surface area contributed by atoms with Crippen LogP contribution in [0.1, 0.15) is 44.9 Å². The van der Waals surface area contributed by atoms with E-state index in [1.54, 1.807) is 0 Å². The molecule has 1 heterocycles. The summed E-state index contributed by atoms with van der Waals surface area (Å²) in [7, 11) is 0. The molecular formula is C13H25NOS. The van der Waals surface area contributed by atoms with Gasteiger partial charge in [0, 0.05) is 6.54 Å². The number of rotatable bonds is 4. The van der Waals surface area contributed by atoms with Gasteiger partial charge >= 0.3 is 0 Å². The van der Waals surface area contributed by atoms with Crippen molar-refractivity contribution >= 4 is 11.8 Å². The van der Waals surface area contributed by atoms with E-state index in [-0.39, 0.29) is 5.60 Å². The third-order valence-corrected chi connectivity index (χ3v) is 5.06. The third-order valence-electron chi connectivity index (χ3n) is 4.01. The molecule has 0 radical (unpaired) electrons. The maximum Gasteiger partial charge on any atom is 0.0771 e. The van der Waals surface area contributed by atoms with Gasteiger partial charge in [0.05, 0.1) is 5.60 Å². The topological polar surface area (TPSA) is 32.3 Å². The summed E-state index contributed by atoms with van der Waals surface area (Å²) in [5, 5.41) is 13.8. The monoisotopic (exact) mass is 243 g/mol. The Balaban J connectivity index is 1.62. The molecule has 16 heavy (non-hydrogen) atoms. The highest BCUT2D eigenvalue weighted by atomic mass is 32.2. The smallest absolute Gasteiger partial charge is 0.0771 e. The summed E-state index contributed by atoms with van der Waals surface area (Å²) >= 11 is 2.08. The van der Waals surface area contributed by atoms with Gasteiger partial charge in [0.25, 0.3) is 0 Å². The predicted octanol–water partition coefficient (Wildman–Crippen LogP) is 2.41. The molecule has 3 heteroatoms. The minimum absolute atomic E-state index is 0.387. The van der Waals surface area contributed by atoms with Crippen LogP contribution in [0.15, 0.2) is 0 Å². The first-order valence-corrected chi connectivity index (χ1v) is 7.95. The fourth-order valence-corrected chi connectivity index (χ4v) is 4.05. The number of aliphatic hydroxyl groups is 1. The molecule has 2 fully saturated rings. The van der Waals surface area contributed by atoms with Crippen LogP contribution in [0, 0.1) is 5.92 Å². The second-order valence-corrected chi connectivity index (χ2v) is 6.70. The Hall–Kier alpha value is 0.270. The van der Waals surface area contributed by atoms with Gasteiger partial charge in [-0.05, 0) is 49.7 Å². The Labute approximate surface area is 104 Å². The fraction of sp³-hybridized carbons (Fsp3) is 1.00. The number of thioether (sulfide) groups is 1. The van der Waals surface area contributed by atoms with Gasteiger partial charge in [-0.3, -0.25) is 0 Å². The Morgan fingerprint density at radius 1 is 1.12 bits per heavy atom. The van der Waals surface area contributed by atoms with E-state index in [1.165, 1.54) is 43.6 Å². The summed E-state index contributed by atoms with van der Waals surface area (Å²) in [6.45, 7) is 1.93. The van der Waals surface area contributed by atoms with Crippen molar-refractivity contribution < 1.29 is 5.11 Å². The van der Waals surface area contributed by atoms with Gasteiger partial charge in [0.1, 0.15) is 0 Å². The lowest BCUT2D eigenvalue weighted by atomic mass is 9.85. The van der Waals surface area contributed by atoms with Crippen LogP contribution >= 0.6 is 11.8 Å². The molecule has 2 aliphatic rings. The van der Waals surface area contributed by atoms with Crippen LogP contribution in [-0.2, 0) is 0 Å². The maximum atomic E-state index is 10.3. The number of nitrogens with one attached hydrogen (secondary N) is 1. The minimum Gasteiger partial charge on any atom is -0.389 e. The van der Waals surface area contributed by atoms with E-state index >= 15 is 0 Å². The summed E-state index contributed by atoms with van der Waals surface area (Å²) < 4.78 is 0. The van der Waals surface area contributed by atoms with E-state index in [2.05, 4.69) is 17.1 Å². The molecule has 94 valence electrons. The SMILES string of the molecule is OC1(CNCC2CCSCC2)CCCCC1. The number of hydrogen-bond donors (Lipinski definition) is 2. The molecule has 0 spiro atoms. The molecule has 1 saturated heterocycles. The van der Waals surface area contributed by atoms with Gasteiger partial charge in [-0.1, -0.05) is 19.3 Å². The average Bonchev–Trinajstić information content (AvgIpc) is 2.31. The molecule has 0 aromatic carbocycles. The van der Waals surface area contributed by atoms with Crippen molar-refractivity contribution in [1.29, 1.82) is 0 Å². The largest absolute Gasteiger partial charge is 0.389 e. The van der Waals surface area contributed by atoms with Gasteiger partial charge in [0.15, 0.2) is 0 Å². The second kappa shape index (κ2) is 6.27. The van der Waals surface area contributed by atoms with E-state index < -0.39 is 0 Å². The summed E-state index contributed by atoms with van der Waals surface area (Å²) in [5.74, 6) is 3.51. The van der Waals surface area contributed by atoms with Gasteiger partial charge in [0.2, 0.25) is 0 Å². The zero-order valence-electron chi connectivity index (χ0n) is 10.2. The molecule has 1 aliphatic heterocycles. The molecule has 2 nitrogen and oxygen atoms in total. The molecule has 1 aliphatic carbocycles. The van der Waals surface area contributed by atoms with Crippen LogP contribution in [0.3, 0.4) is 0 Å². The van der Waals surface area contributed by atoms with Gasteiger partial charge in [-0.15, -0.1) is 0 Å². The molecule has 0 atom stereocenters. The number of hydrogen-bond acceptors (Lipinski definition) is 3. The lowest BCUT2D eigenvalue weighted by Gasteiger charge is -2.33. The molecule has 0 unspecified atom stereocenters. The standard InChI is InChI=1S/C13H25NOS/c15-13(6-2-1-3-7-13)11-14-10-12-4-8-16-9-5-12/h12,14-15H,1-11H2. The van der Waals surface area contributed by atoms with Crippen LogP contribution in [0.25, 0.3) is 0 Å². The molecule has 0 aromatic heterocycles. The van der Waals surface area contributed by atoms with Crippen molar-refractivity contribution in [1.82, 2.24) is 5.32 Å². The molecule has 0 aromatic rings. The summed E-state index contributed by atoms with van der Waals surface area (Å²) in [4.78, 5) is 0. The lowest BCUT2D eigenvalue weighted by Crippen LogP contribution is -2.43. The van der Waals surface area contributed by atoms with E-state index in [4.69, 9.17) is 0 Å². The Morgan fingerprint density at radius 3 is 2.50 bits per heavy atom. The maximum absolute atomic E-state index is 10.3. The van der Waals surface area contributed by atoms with Crippen molar-refractivity contribution in [2.24, 2.45) is 5.92 Å². The van der Waals surface area contributed by atoms with E-state index in [0.29, 0.717) is 0 Å². The van der Waals surface area contributed by atoms with E-state index in [0.717, 1.165) is 31.8 Å². The first-order valence-electron chi connectivity index (χ1n) is 6.79. The van der Waals surface area contributed by atoms with E-state index in [9.17, 15) is 5.11 Å². The van der Waals surface area contributed by atoms with Crippen molar-refractivity contribution in [2.45, 2.75) is 50.5 Å². The normalized spacial score (nSPS) is 26.8. The molecular weight excluding hydrogens is 218 g/mol. The highest BCUT2D eigenvalue weighted by molar-refractivity contribution is 7.99. The van der Waals surface area contributed by atoms with E-state index in [1.807, 2.05) is 0 Å². The molecule has 0 bridgehead atoms. The first-order chi connectivity index (χ1) is 7.79. The second-order valence-electron chi connectivity index (χ2n) is 5.47. The first kappa shape index (κ1) is 12.7. The van der Waals surface area contributed by atoms with Gasteiger partial charge in [-0.2, -0.15) is 11.8 Å². The summed E-state index contributed by atoms with van der Waals surface area (Å²) in [6.07, 6.45) is 8.44. The molecule has 1 saturated carbocycles. The average molecular weight is 243 g/mol. The van der Waals surface area contributed by atoms with Crippen molar-refractivity contribution in [3.05, 3.63) is 0 Å². The van der Waals surface area contributed by atoms with Crippen LogP contribution < -0.4 is 5.32 Å². The fourth-order valence-electron chi connectivity index (χ4n) is 2.85. The molecule has 2 rings (SSSR count). The van der Waals surface area contributed by atoms with Crippen LogP contribution in [0.5, 0.6) is 0 Å². The quantitative estimate of drug-likeness (QED) is 0.795. The summed E-state index contributed by atoms with van der Waals surface area (Å²) in [5.41, 5.74) is -0.387.